The number of fused-ring (bicyclic) bond motifs is 1. The smallest absolute Gasteiger partial charge is 0.408 e. The summed E-state index contributed by atoms with van der Waals surface area (Å²) in [7, 11) is 0. The van der Waals surface area contributed by atoms with Crippen LogP contribution in [-0.2, 0) is 11.2 Å². The molecule has 1 aliphatic carbocycles. The number of rotatable bonds is 2. The fourth-order valence-electron chi connectivity index (χ4n) is 4.02. The molecule has 1 aromatic rings. The maximum Gasteiger partial charge on any atom is 0.408 e. The van der Waals surface area contributed by atoms with Crippen molar-refractivity contribution in [3.63, 3.8) is 0 Å². The van der Waals surface area contributed by atoms with E-state index in [0.29, 0.717) is 0 Å². The van der Waals surface area contributed by atoms with Gasteiger partial charge in [-0.25, -0.2) is 9.59 Å². The fraction of sp³-hybridized carbons (Fsp3) is 0.579. The number of carboxylic acids is 1. The van der Waals surface area contributed by atoms with Gasteiger partial charge in [-0.1, -0.05) is 6.07 Å². The number of benzene rings is 1. The van der Waals surface area contributed by atoms with E-state index in [0.717, 1.165) is 43.5 Å². The van der Waals surface area contributed by atoms with Crippen LogP contribution in [0.5, 0.6) is 0 Å². The van der Waals surface area contributed by atoms with Crippen molar-refractivity contribution >= 4 is 12.1 Å². The molecule has 2 aliphatic rings. The van der Waals surface area contributed by atoms with Crippen molar-refractivity contribution in [2.45, 2.75) is 51.7 Å². The summed E-state index contributed by atoms with van der Waals surface area (Å²) in [6.07, 6.45) is 2.27. The van der Waals surface area contributed by atoms with Gasteiger partial charge in [0, 0.05) is 5.41 Å². The molecule has 0 aromatic heterocycles. The first-order valence-corrected chi connectivity index (χ1v) is 8.77. The average Bonchev–Trinajstić information content (AvgIpc) is 2.79. The molecule has 1 atom stereocenters. The molecule has 136 valence electrons. The second kappa shape index (κ2) is 6.33. The van der Waals surface area contributed by atoms with Crippen LogP contribution in [-0.4, -0.2) is 35.9 Å². The highest BCUT2D eigenvalue weighted by Gasteiger charge is 2.47. The van der Waals surface area contributed by atoms with E-state index in [4.69, 9.17) is 4.74 Å². The fourth-order valence-corrected chi connectivity index (χ4v) is 4.02. The largest absolute Gasteiger partial charge is 0.478 e. The lowest BCUT2D eigenvalue weighted by molar-refractivity contribution is 0.0421. The first-order chi connectivity index (χ1) is 11.7. The molecule has 1 saturated heterocycles. The molecule has 1 fully saturated rings. The van der Waals surface area contributed by atoms with Crippen LogP contribution in [0.1, 0.15) is 61.1 Å². The second-order valence-corrected chi connectivity index (χ2v) is 8.09. The molecule has 6 nitrogen and oxygen atoms in total. The molecular formula is C19H26N2O4. The van der Waals surface area contributed by atoms with Gasteiger partial charge in [0.1, 0.15) is 5.60 Å². The number of carbonyl (C=O) groups excluding carboxylic acids is 1. The summed E-state index contributed by atoms with van der Waals surface area (Å²) in [6, 6.07) is 5.01. The molecule has 3 rings (SSSR count). The van der Waals surface area contributed by atoms with Crippen molar-refractivity contribution in [3.8, 4) is 0 Å². The van der Waals surface area contributed by atoms with E-state index in [9.17, 15) is 14.7 Å². The summed E-state index contributed by atoms with van der Waals surface area (Å²) < 4.78 is 5.44. The van der Waals surface area contributed by atoms with Crippen molar-refractivity contribution in [3.05, 3.63) is 34.9 Å². The SMILES string of the molecule is CC(C)(C)OC(=O)NC1c2cc(C(=O)O)ccc2CC12CCNCC2. The van der Waals surface area contributed by atoms with Crippen molar-refractivity contribution in [2.24, 2.45) is 5.41 Å². The third kappa shape index (κ3) is 3.63. The van der Waals surface area contributed by atoms with Crippen LogP contribution >= 0.6 is 0 Å². The highest BCUT2D eigenvalue weighted by atomic mass is 16.6. The first kappa shape index (κ1) is 17.7. The predicted octanol–water partition coefficient (Wildman–Crippen LogP) is 2.88. The summed E-state index contributed by atoms with van der Waals surface area (Å²) in [5.41, 5.74) is 1.62. The molecule has 0 saturated carbocycles. The number of amides is 1. The van der Waals surface area contributed by atoms with Crippen molar-refractivity contribution < 1.29 is 19.4 Å². The van der Waals surface area contributed by atoms with Gasteiger partial charge < -0.3 is 20.5 Å². The number of carbonyl (C=O) groups is 2. The minimum absolute atomic E-state index is 0.0817. The zero-order chi connectivity index (χ0) is 18.2. The molecule has 0 radical (unpaired) electrons. The minimum Gasteiger partial charge on any atom is -0.478 e. The average molecular weight is 346 g/mol. The Morgan fingerprint density at radius 1 is 1.28 bits per heavy atom. The Labute approximate surface area is 147 Å². The number of piperidine rings is 1. The van der Waals surface area contributed by atoms with E-state index in [1.807, 2.05) is 26.8 Å². The molecule has 25 heavy (non-hydrogen) atoms. The Hall–Kier alpha value is -2.08. The lowest BCUT2D eigenvalue weighted by atomic mass is 9.73. The monoisotopic (exact) mass is 346 g/mol. The van der Waals surface area contributed by atoms with Crippen molar-refractivity contribution in [2.75, 3.05) is 13.1 Å². The molecule has 1 aliphatic heterocycles. The van der Waals surface area contributed by atoms with Gasteiger partial charge in [-0.2, -0.15) is 0 Å². The molecule has 1 amide bonds. The third-order valence-electron chi connectivity index (χ3n) is 5.12. The Bertz CT molecular complexity index is 687. The van der Waals surface area contributed by atoms with Gasteiger partial charge in [0.15, 0.2) is 0 Å². The number of ether oxygens (including phenoxy) is 1. The minimum atomic E-state index is -0.954. The zero-order valence-corrected chi connectivity index (χ0v) is 15.0. The maximum atomic E-state index is 12.4. The molecule has 1 heterocycles. The number of aromatic carboxylic acids is 1. The molecule has 3 N–H and O–H groups in total. The van der Waals surface area contributed by atoms with Gasteiger partial charge in [0.05, 0.1) is 11.6 Å². The lowest BCUT2D eigenvalue weighted by Crippen LogP contribution is -2.46. The van der Waals surface area contributed by atoms with E-state index >= 15 is 0 Å². The Morgan fingerprint density at radius 3 is 2.56 bits per heavy atom. The molecule has 1 spiro atoms. The second-order valence-electron chi connectivity index (χ2n) is 8.09. The zero-order valence-electron chi connectivity index (χ0n) is 15.0. The molecule has 1 unspecified atom stereocenters. The van der Waals surface area contributed by atoms with Crippen LogP contribution in [0.3, 0.4) is 0 Å². The summed E-state index contributed by atoms with van der Waals surface area (Å²) in [4.78, 5) is 23.8. The Balaban J connectivity index is 1.94. The Morgan fingerprint density at radius 2 is 1.96 bits per heavy atom. The molecule has 6 heteroatoms. The number of hydrogen-bond donors (Lipinski definition) is 3. The van der Waals surface area contributed by atoms with E-state index in [1.165, 1.54) is 0 Å². The van der Waals surface area contributed by atoms with Gasteiger partial charge in [-0.3, -0.25) is 0 Å². The van der Waals surface area contributed by atoms with Crippen LogP contribution in [0.4, 0.5) is 4.79 Å². The molecule has 1 aromatic carbocycles. The van der Waals surface area contributed by atoms with E-state index in [1.54, 1.807) is 12.1 Å². The third-order valence-corrected chi connectivity index (χ3v) is 5.12. The van der Waals surface area contributed by atoms with Crippen LogP contribution < -0.4 is 10.6 Å². The van der Waals surface area contributed by atoms with Crippen molar-refractivity contribution in [1.29, 1.82) is 0 Å². The lowest BCUT2D eigenvalue weighted by Gasteiger charge is -2.40. The van der Waals surface area contributed by atoms with Crippen LogP contribution in [0.2, 0.25) is 0 Å². The number of carboxylic acid groups (broad SMARTS) is 1. The summed E-state index contributed by atoms with van der Waals surface area (Å²) in [6.45, 7) is 7.28. The normalized spacial score (nSPS) is 21.6. The van der Waals surface area contributed by atoms with Gasteiger partial charge in [0.2, 0.25) is 0 Å². The van der Waals surface area contributed by atoms with Gasteiger partial charge >= 0.3 is 12.1 Å². The maximum absolute atomic E-state index is 12.4. The van der Waals surface area contributed by atoms with Crippen molar-refractivity contribution in [1.82, 2.24) is 10.6 Å². The Kier molecular flexibility index (Phi) is 4.49. The topological polar surface area (TPSA) is 87.7 Å². The number of hydrogen-bond acceptors (Lipinski definition) is 4. The van der Waals surface area contributed by atoms with Crippen LogP contribution in [0.25, 0.3) is 0 Å². The number of nitrogens with one attached hydrogen (secondary N) is 2. The van der Waals surface area contributed by atoms with Crippen LogP contribution in [0, 0.1) is 5.41 Å². The summed E-state index contributed by atoms with van der Waals surface area (Å²) >= 11 is 0. The standard InChI is InChI=1S/C19H26N2O4/c1-18(2,3)25-17(24)21-15-14-10-12(16(22)23)4-5-13(14)11-19(15)6-8-20-9-7-19/h4-5,10,15,20H,6-9,11H2,1-3H3,(H,21,24)(H,22,23). The van der Waals surface area contributed by atoms with Gasteiger partial charge in [-0.05, 0) is 76.4 Å². The van der Waals surface area contributed by atoms with E-state index in [-0.39, 0.29) is 17.0 Å². The van der Waals surface area contributed by atoms with E-state index < -0.39 is 17.7 Å². The highest BCUT2D eigenvalue weighted by Crippen LogP contribution is 2.51. The van der Waals surface area contributed by atoms with Crippen LogP contribution in [0.15, 0.2) is 18.2 Å². The first-order valence-electron chi connectivity index (χ1n) is 8.77. The number of alkyl carbamates (subject to hydrolysis) is 1. The van der Waals surface area contributed by atoms with Gasteiger partial charge in [0.25, 0.3) is 0 Å². The predicted molar refractivity (Wildman–Crippen MR) is 93.8 cm³/mol. The molecular weight excluding hydrogens is 320 g/mol. The van der Waals surface area contributed by atoms with Gasteiger partial charge in [-0.15, -0.1) is 0 Å². The quantitative estimate of drug-likeness (QED) is 0.766. The van der Waals surface area contributed by atoms with E-state index in [2.05, 4.69) is 10.6 Å². The summed E-state index contributed by atoms with van der Waals surface area (Å²) in [5.74, 6) is -0.954. The highest BCUT2D eigenvalue weighted by molar-refractivity contribution is 5.88. The molecule has 0 bridgehead atoms. The summed E-state index contributed by atoms with van der Waals surface area (Å²) in [5, 5.41) is 15.7.